The molecule has 3 heterocycles. The predicted octanol–water partition coefficient (Wildman–Crippen LogP) is 5.53. The molecular formula is C20H21Br3N4O. The average molecular weight is 573 g/mol. The van der Waals surface area contributed by atoms with E-state index in [0.29, 0.717) is 5.92 Å². The van der Waals surface area contributed by atoms with Gasteiger partial charge < -0.3 is 10.0 Å². The minimum atomic E-state index is 0.225. The molecule has 2 aromatic heterocycles. The Kier molecular flexibility index (Phi) is 5.84. The summed E-state index contributed by atoms with van der Waals surface area (Å²) in [6, 6.07) is 4.07. The minimum Gasteiger partial charge on any atom is -0.396 e. The SMILES string of the molecule is Cc1nc(N2CCCC(CO)C2)c2c(C)cn(-c3c(Br)cc(Br)cc3Br)c2n1. The second-order valence-corrected chi connectivity index (χ2v) is 9.95. The van der Waals surface area contributed by atoms with Crippen LogP contribution in [0.1, 0.15) is 24.2 Å². The van der Waals surface area contributed by atoms with Crippen molar-refractivity contribution in [1.82, 2.24) is 14.5 Å². The summed E-state index contributed by atoms with van der Waals surface area (Å²) < 4.78 is 5.07. The highest BCUT2D eigenvalue weighted by Gasteiger charge is 2.25. The maximum atomic E-state index is 9.64. The number of aryl methyl sites for hydroxylation is 2. The van der Waals surface area contributed by atoms with Gasteiger partial charge in [-0.2, -0.15) is 0 Å². The third kappa shape index (κ3) is 3.64. The summed E-state index contributed by atoms with van der Waals surface area (Å²) in [5.41, 5.74) is 3.05. The molecule has 1 N–H and O–H groups in total. The lowest BCUT2D eigenvalue weighted by atomic mass is 9.99. The van der Waals surface area contributed by atoms with Crippen LogP contribution in [0.25, 0.3) is 16.7 Å². The summed E-state index contributed by atoms with van der Waals surface area (Å²) in [5.74, 6) is 2.02. The second-order valence-electron chi connectivity index (χ2n) is 7.33. The fourth-order valence-corrected chi connectivity index (χ4v) is 6.60. The van der Waals surface area contributed by atoms with Gasteiger partial charge in [-0.05, 0) is 82.2 Å². The van der Waals surface area contributed by atoms with Crippen molar-refractivity contribution in [3.63, 3.8) is 0 Å². The van der Waals surface area contributed by atoms with Crippen molar-refractivity contribution in [3.05, 3.63) is 43.1 Å². The number of piperidine rings is 1. The Labute approximate surface area is 189 Å². The van der Waals surface area contributed by atoms with E-state index in [0.717, 1.165) is 73.3 Å². The quantitative estimate of drug-likeness (QED) is 0.448. The number of fused-ring (bicyclic) bond motifs is 1. The van der Waals surface area contributed by atoms with Crippen LogP contribution in [-0.4, -0.2) is 39.3 Å². The number of rotatable bonds is 3. The van der Waals surface area contributed by atoms with Gasteiger partial charge in [0.25, 0.3) is 0 Å². The van der Waals surface area contributed by atoms with Crippen LogP contribution in [0.5, 0.6) is 0 Å². The van der Waals surface area contributed by atoms with Crippen LogP contribution in [-0.2, 0) is 0 Å². The van der Waals surface area contributed by atoms with Crippen LogP contribution >= 0.6 is 47.8 Å². The second kappa shape index (κ2) is 8.05. The van der Waals surface area contributed by atoms with Crippen molar-refractivity contribution in [3.8, 4) is 5.69 Å². The number of halogens is 3. The van der Waals surface area contributed by atoms with Crippen LogP contribution < -0.4 is 4.90 Å². The molecule has 8 heteroatoms. The molecule has 4 rings (SSSR count). The van der Waals surface area contributed by atoms with Gasteiger partial charge in [0.1, 0.15) is 11.6 Å². The molecule has 0 aliphatic carbocycles. The van der Waals surface area contributed by atoms with E-state index in [9.17, 15) is 5.11 Å². The zero-order valence-electron chi connectivity index (χ0n) is 15.7. The molecule has 0 bridgehead atoms. The van der Waals surface area contributed by atoms with Crippen LogP contribution in [0.2, 0.25) is 0 Å². The summed E-state index contributed by atoms with van der Waals surface area (Å²) in [6.45, 7) is 6.06. The van der Waals surface area contributed by atoms with Crippen LogP contribution in [0.15, 0.2) is 31.7 Å². The molecule has 1 aliphatic rings. The molecule has 0 saturated carbocycles. The lowest BCUT2D eigenvalue weighted by Crippen LogP contribution is -2.37. The lowest BCUT2D eigenvalue weighted by molar-refractivity contribution is 0.208. The Balaban J connectivity index is 1.92. The van der Waals surface area contributed by atoms with E-state index in [4.69, 9.17) is 9.97 Å². The monoisotopic (exact) mass is 570 g/mol. The van der Waals surface area contributed by atoms with Crippen molar-refractivity contribution in [1.29, 1.82) is 0 Å². The molecule has 1 fully saturated rings. The fraction of sp³-hybridized carbons (Fsp3) is 0.400. The lowest BCUT2D eigenvalue weighted by Gasteiger charge is -2.33. The molecule has 1 unspecified atom stereocenters. The smallest absolute Gasteiger partial charge is 0.150 e. The van der Waals surface area contributed by atoms with E-state index in [-0.39, 0.29) is 6.61 Å². The van der Waals surface area contributed by atoms with Crippen molar-refractivity contribution < 1.29 is 5.11 Å². The zero-order chi connectivity index (χ0) is 20.0. The molecule has 1 aromatic carbocycles. The summed E-state index contributed by atoms with van der Waals surface area (Å²) >= 11 is 10.9. The van der Waals surface area contributed by atoms with Gasteiger partial charge in [0.05, 0.1) is 11.1 Å². The first-order valence-corrected chi connectivity index (χ1v) is 11.6. The van der Waals surface area contributed by atoms with Crippen LogP contribution in [0.3, 0.4) is 0 Å². The maximum absolute atomic E-state index is 9.64. The van der Waals surface area contributed by atoms with Gasteiger partial charge in [-0.15, -0.1) is 0 Å². The van der Waals surface area contributed by atoms with E-state index in [1.54, 1.807) is 0 Å². The third-order valence-corrected chi connectivity index (χ3v) is 6.89. The fourth-order valence-electron chi connectivity index (χ4n) is 3.96. The number of aliphatic hydroxyl groups excluding tert-OH is 1. The Morgan fingerprint density at radius 1 is 1.14 bits per heavy atom. The number of hydrogen-bond donors (Lipinski definition) is 1. The Morgan fingerprint density at radius 3 is 2.54 bits per heavy atom. The first-order valence-electron chi connectivity index (χ1n) is 9.26. The standard InChI is InChI=1S/C20H21Br3N4O/c1-11-8-27(18-15(22)6-14(21)7-16(18)23)20-17(11)19(24-12(2)25-20)26-5-3-4-13(9-26)10-28/h6-8,13,28H,3-5,9-10H2,1-2H3. The maximum Gasteiger partial charge on any atom is 0.150 e. The number of benzene rings is 1. The molecule has 0 radical (unpaired) electrons. The largest absolute Gasteiger partial charge is 0.396 e. The van der Waals surface area contributed by atoms with Crippen molar-refractivity contribution in [2.75, 3.05) is 24.6 Å². The topological polar surface area (TPSA) is 54.2 Å². The van der Waals surface area contributed by atoms with E-state index < -0.39 is 0 Å². The molecule has 0 spiro atoms. The molecule has 5 nitrogen and oxygen atoms in total. The summed E-state index contributed by atoms with van der Waals surface area (Å²) in [7, 11) is 0. The van der Waals surface area contributed by atoms with Gasteiger partial charge in [0.2, 0.25) is 0 Å². The molecule has 148 valence electrons. The zero-order valence-corrected chi connectivity index (χ0v) is 20.5. The first kappa shape index (κ1) is 20.3. The van der Waals surface area contributed by atoms with Gasteiger partial charge >= 0.3 is 0 Å². The Hall–Kier alpha value is -0.960. The van der Waals surface area contributed by atoms with Crippen LogP contribution in [0.4, 0.5) is 5.82 Å². The highest BCUT2D eigenvalue weighted by atomic mass is 79.9. The molecule has 0 amide bonds. The van der Waals surface area contributed by atoms with Crippen molar-refractivity contribution in [2.24, 2.45) is 5.92 Å². The predicted molar refractivity (Wildman–Crippen MR) is 123 cm³/mol. The number of nitrogens with zero attached hydrogens (tertiary/aromatic N) is 4. The van der Waals surface area contributed by atoms with E-state index in [1.165, 1.54) is 0 Å². The normalized spacial score (nSPS) is 17.5. The molecule has 1 saturated heterocycles. The minimum absolute atomic E-state index is 0.225. The number of aromatic nitrogens is 3. The number of aliphatic hydroxyl groups is 1. The van der Waals surface area contributed by atoms with Crippen LogP contribution in [0, 0.1) is 19.8 Å². The van der Waals surface area contributed by atoms with E-state index >= 15 is 0 Å². The Bertz CT molecular complexity index is 1030. The van der Waals surface area contributed by atoms with Gasteiger partial charge in [0.15, 0.2) is 5.65 Å². The van der Waals surface area contributed by atoms with Gasteiger partial charge in [-0.25, -0.2) is 9.97 Å². The van der Waals surface area contributed by atoms with E-state index in [2.05, 4.69) is 70.4 Å². The van der Waals surface area contributed by atoms with Crippen molar-refractivity contribution >= 4 is 64.6 Å². The molecular weight excluding hydrogens is 552 g/mol. The van der Waals surface area contributed by atoms with Gasteiger partial charge in [0, 0.05) is 39.3 Å². The third-order valence-electron chi connectivity index (χ3n) is 5.23. The van der Waals surface area contributed by atoms with Crippen molar-refractivity contribution in [2.45, 2.75) is 26.7 Å². The Morgan fingerprint density at radius 2 is 1.86 bits per heavy atom. The number of anilines is 1. The summed E-state index contributed by atoms with van der Waals surface area (Å²) in [6.07, 6.45) is 4.26. The van der Waals surface area contributed by atoms with Gasteiger partial charge in [-0.1, -0.05) is 15.9 Å². The summed E-state index contributed by atoms with van der Waals surface area (Å²) in [4.78, 5) is 11.9. The number of hydrogen-bond acceptors (Lipinski definition) is 4. The molecule has 1 atom stereocenters. The van der Waals surface area contributed by atoms with Gasteiger partial charge in [-0.3, -0.25) is 4.57 Å². The molecule has 1 aliphatic heterocycles. The highest BCUT2D eigenvalue weighted by molar-refractivity contribution is 9.11. The first-order chi connectivity index (χ1) is 13.4. The summed E-state index contributed by atoms with van der Waals surface area (Å²) in [5, 5.41) is 10.7. The molecule has 3 aromatic rings. The molecule has 28 heavy (non-hydrogen) atoms. The highest BCUT2D eigenvalue weighted by Crippen LogP contribution is 2.38. The average Bonchev–Trinajstić information content (AvgIpc) is 2.96. The van der Waals surface area contributed by atoms with E-state index in [1.807, 2.05) is 19.1 Å².